The van der Waals surface area contributed by atoms with Crippen molar-refractivity contribution in [2.24, 2.45) is 5.92 Å². The molecule has 0 aromatic heterocycles. The molecule has 114 valence electrons. The Balaban J connectivity index is 1.81. The number of hydrogen-bond acceptors (Lipinski definition) is 3. The first-order valence-corrected chi connectivity index (χ1v) is 8.38. The monoisotopic (exact) mass is 359 g/mol. The SMILES string of the molecule is COc1ccc(Br)cc1[C@@H]1Nc2ccccc2[C@@H]2OCC[C@H]12. The van der Waals surface area contributed by atoms with E-state index in [1.807, 2.05) is 12.1 Å². The zero-order chi connectivity index (χ0) is 15.1. The highest BCUT2D eigenvalue weighted by atomic mass is 79.9. The van der Waals surface area contributed by atoms with E-state index in [2.05, 4.69) is 51.6 Å². The molecule has 1 fully saturated rings. The molecule has 0 amide bonds. The van der Waals surface area contributed by atoms with Crippen LogP contribution in [0.15, 0.2) is 46.9 Å². The van der Waals surface area contributed by atoms with E-state index in [1.165, 1.54) is 11.1 Å². The maximum absolute atomic E-state index is 6.05. The lowest BCUT2D eigenvalue weighted by molar-refractivity contribution is 0.0827. The van der Waals surface area contributed by atoms with Crippen molar-refractivity contribution in [1.82, 2.24) is 0 Å². The molecule has 0 saturated carbocycles. The number of methoxy groups -OCH3 is 1. The molecule has 0 spiro atoms. The molecule has 1 saturated heterocycles. The number of benzene rings is 2. The maximum Gasteiger partial charge on any atom is 0.124 e. The van der Waals surface area contributed by atoms with Crippen LogP contribution >= 0.6 is 15.9 Å². The minimum Gasteiger partial charge on any atom is -0.496 e. The summed E-state index contributed by atoms with van der Waals surface area (Å²) < 4.78 is 12.7. The van der Waals surface area contributed by atoms with Gasteiger partial charge in [-0.1, -0.05) is 34.1 Å². The van der Waals surface area contributed by atoms with Gasteiger partial charge in [0.15, 0.2) is 0 Å². The van der Waals surface area contributed by atoms with Gasteiger partial charge in [-0.05, 0) is 30.7 Å². The van der Waals surface area contributed by atoms with E-state index in [0.29, 0.717) is 5.92 Å². The zero-order valence-corrected chi connectivity index (χ0v) is 14.0. The Kier molecular flexibility index (Phi) is 3.59. The number of nitrogens with one attached hydrogen (secondary N) is 1. The van der Waals surface area contributed by atoms with Gasteiger partial charge in [-0.2, -0.15) is 0 Å². The van der Waals surface area contributed by atoms with Crippen molar-refractivity contribution in [3.8, 4) is 5.75 Å². The fourth-order valence-electron chi connectivity index (χ4n) is 3.68. The molecule has 3 atom stereocenters. The maximum atomic E-state index is 6.05. The molecule has 22 heavy (non-hydrogen) atoms. The first kappa shape index (κ1) is 14.1. The third kappa shape index (κ3) is 2.22. The molecule has 0 unspecified atom stereocenters. The van der Waals surface area contributed by atoms with E-state index < -0.39 is 0 Å². The number of rotatable bonds is 2. The number of ether oxygens (including phenoxy) is 2. The Labute approximate surface area is 138 Å². The van der Waals surface area contributed by atoms with E-state index in [4.69, 9.17) is 9.47 Å². The highest BCUT2D eigenvalue weighted by molar-refractivity contribution is 9.10. The smallest absolute Gasteiger partial charge is 0.124 e. The fraction of sp³-hybridized carbons (Fsp3) is 0.333. The van der Waals surface area contributed by atoms with Crippen LogP contribution in [-0.2, 0) is 4.74 Å². The summed E-state index contributed by atoms with van der Waals surface area (Å²) in [6.45, 7) is 0.818. The lowest BCUT2D eigenvalue weighted by atomic mass is 9.81. The highest BCUT2D eigenvalue weighted by Gasteiger charge is 2.42. The summed E-state index contributed by atoms with van der Waals surface area (Å²) in [5.74, 6) is 1.35. The normalized spacial score (nSPS) is 26.0. The molecule has 0 radical (unpaired) electrons. The summed E-state index contributed by atoms with van der Waals surface area (Å²) in [4.78, 5) is 0. The van der Waals surface area contributed by atoms with Crippen LogP contribution in [0.5, 0.6) is 5.75 Å². The number of para-hydroxylation sites is 1. The van der Waals surface area contributed by atoms with Crippen molar-refractivity contribution in [1.29, 1.82) is 0 Å². The largest absolute Gasteiger partial charge is 0.496 e. The molecule has 2 aliphatic rings. The van der Waals surface area contributed by atoms with Gasteiger partial charge in [-0.25, -0.2) is 0 Å². The first-order chi connectivity index (χ1) is 10.8. The van der Waals surface area contributed by atoms with Crippen LogP contribution in [0.4, 0.5) is 5.69 Å². The third-order valence-electron chi connectivity index (χ3n) is 4.67. The van der Waals surface area contributed by atoms with Crippen LogP contribution < -0.4 is 10.1 Å². The molecular formula is C18H18BrNO2. The van der Waals surface area contributed by atoms with Crippen molar-refractivity contribution in [3.63, 3.8) is 0 Å². The average molecular weight is 360 g/mol. The predicted octanol–water partition coefficient (Wildman–Crippen LogP) is 4.70. The van der Waals surface area contributed by atoms with Crippen LogP contribution in [0.2, 0.25) is 0 Å². The van der Waals surface area contributed by atoms with Crippen LogP contribution in [-0.4, -0.2) is 13.7 Å². The summed E-state index contributed by atoms with van der Waals surface area (Å²) in [5, 5.41) is 3.71. The van der Waals surface area contributed by atoms with E-state index in [9.17, 15) is 0 Å². The van der Waals surface area contributed by atoms with Gasteiger partial charge >= 0.3 is 0 Å². The molecule has 4 heteroatoms. The predicted molar refractivity (Wildman–Crippen MR) is 90.3 cm³/mol. The number of anilines is 1. The standard InChI is InChI=1S/C18H18BrNO2/c1-21-16-7-6-11(19)10-14(16)17-13-8-9-22-18(13)12-4-2-3-5-15(12)20-17/h2-7,10,13,17-18,20H,8-9H2,1H3/t13-,17-,18+/m1/s1. The van der Waals surface area contributed by atoms with Crippen molar-refractivity contribution in [2.45, 2.75) is 18.6 Å². The van der Waals surface area contributed by atoms with Gasteiger partial charge in [0.2, 0.25) is 0 Å². The first-order valence-electron chi connectivity index (χ1n) is 7.58. The van der Waals surface area contributed by atoms with Gasteiger partial charge in [-0.15, -0.1) is 0 Å². The molecule has 0 bridgehead atoms. The van der Waals surface area contributed by atoms with Crippen LogP contribution in [0.1, 0.15) is 29.7 Å². The minimum absolute atomic E-state index is 0.172. The molecule has 4 rings (SSSR count). The third-order valence-corrected chi connectivity index (χ3v) is 5.16. The molecule has 2 aromatic carbocycles. The Hall–Kier alpha value is -1.52. The van der Waals surface area contributed by atoms with Crippen LogP contribution in [0.3, 0.4) is 0 Å². The van der Waals surface area contributed by atoms with Crippen molar-refractivity contribution in [3.05, 3.63) is 58.1 Å². The second kappa shape index (κ2) is 5.60. The average Bonchev–Trinajstić information content (AvgIpc) is 3.04. The molecule has 2 aromatic rings. The molecule has 3 nitrogen and oxygen atoms in total. The summed E-state index contributed by atoms with van der Waals surface area (Å²) in [6.07, 6.45) is 1.23. The van der Waals surface area contributed by atoms with Gasteiger partial charge in [0.05, 0.1) is 19.3 Å². The lowest BCUT2D eigenvalue weighted by Gasteiger charge is -2.37. The summed E-state index contributed by atoms with van der Waals surface area (Å²) >= 11 is 3.58. The quantitative estimate of drug-likeness (QED) is 0.842. The second-order valence-electron chi connectivity index (χ2n) is 5.84. The van der Waals surface area contributed by atoms with E-state index in [1.54, 1.807) is 7.11 Å². The summed E-state index contributed by atoms with van der Waals surface area (Å²) in [6, 6.07) is 14.8. The summed E-state index contributed by atoms with van der Waals surface area (Å²) in [5.41, 5.74) is 3.62. The van der Waals surface area contributed by atoms with Crippen molar-refractivity contribution < 1.29 is 9.47 Å². The van der Waals surface area contributed by atoms with Crippen molar-refractivity contribution >= 4 is 21.6 Å². The Morgan fingerprint density at radius 2 is 2.05 bits per heavy atom. The van der Waals surface area contributed by atoms with E-state index in [-0.39, 0.29) is 12.1 Å². The van der Waals surface area contributed by atoms with Crippen molar-refractivity contribution in [2.75, 3.05) is 19.0 Å². The second-order valence-corrected chi connectivity index (χ2v) is 6.76. The number of halogens is 1. The van der Waals surface area contributed by atoms with Gasteiger partial charge < -0.3 is 14.8 Å². The van der Waals surface area contributed by atoms with E-state index in [0.717, 1.165) is 28.9 Å². The zero-order valence-electron chi connectivity index (χ0n) is 12.4. The lowest BCUT2D eigenvalue weighted by Crippen LogP contribution is -2.29. The fourth-order valence-corrected chi connectivity index (χ4v) is 4.05. The molecule has 0 aliphatic carbocycles. The van der Waals surface area contributed by atoms with Gasteiger partial charge in [0.1, 0.15) is 5.75 Å². The highest BCUT2D eigenvalue weighted by Crippen LogP contribution is 2.51. The number of fused-ring (bicyclic) bond motifs is 3. The topological polar surface area (TPSA) is 30.5 Å². The van der Waals surface area contributed by atoms with Gasteiger partial charge in [0.25, 0.3) is 0 Å². The summed E-state index contributed by atoms with van der Waals surface area (Å²) in [7, 11) is 1.73. The number of hydrogen-bond donors (Lipinski definition) is 1. The Morgan fingerprint density at radius 3 is 2.91 bits per heavy atom. The molecule has 2 aliphatic heterocycles. The molecule has 2 heterocycles. The van der Waals surface area contributed by atoms with Gasteiger partial charge in [0, 0.05) is 33.8 Å². The molecule has 1 N–H and O–H groups in total. The van der Waals surface area contributed by atoms with Gasteiger partial charge in [-0.3, -0.25) is 0 Å². The van der Waals surface area contributed by atoms with Crippen LogP contribution in [0, 0.1) is 5.92 Å². The van der Waals surface area contributed by atoms with E-state index >= 15 is 0 Å². The minimum atomic E-state index is 0.172. The van der Waals surface area contributed by atoms with Crippen LogP contribution in [0.25, 0.3) is 0 Å². The Bertz CT molecular complexity index is 703. The Morgan fingerprint density at radius 1 is 1.18 bits per heavy atom. The molecular weight excluding hydrogens is 342 g/mol.